The molecule has 2 atom stereocenters. The number of ether oxygens (including phenoxy) is 1. The molecule has 0 aromatic carbocycles. The predicted molar refractivity (Wildman–Crippen MR) is 142 cm³/mol. The van der Waals surface area contributed by atoms with E-state index in [1.807, 2.05) is 0 Å². The Hall–Kier alpha value is -1.63. The van der Waals surface area contributed by atoms with Crippen LogP contribution in [0.4, 0.5) is 0 Å². The van der Waals surface area contributed by atoms with Crippen LogP contribution in [0, 0.1) is 0 Å². The van der Waals surface area contributed by atoms with Crippen molar-refractivity contribution in [3.05, 3.63) is 0 Å². The lowest BCUT2D eigenvalue weighted by Gasteiger charge is -2.18. The van der Waals surface area contributed by atoms with Crippen LogP contribution in [0.2, 0.25) is 0 Å². The summed E-state index contributed by atoms with van der Waals surface area (Å²) in [7, 11) is 0. The number of carbonyl (C=O) groups excluding carboxylic acids is 2. The van der Waals surface area contributed by atoms with E-state index in [1.54, 1.807) is 0 Å². The molecule has 7 nitrogen and oxygen atoms in total. The number of hydrogen-bond acceptors (Lipinski definition) is 5. The summed E-state index contributed by atoms with van der Waals surface area (Å²) in [4.78, 5) is 35.6. The molecule has 0 radical (unpaired) electrons. The molecule has 0 aromatic heterocycles. The van der Waals surface area contributed by atoms with Crippen LogP contribution in [-0.2, 0) is 19.1 Å². The van der Waals surface area contributed by atoms with Crippen molar-refractivity contribution in [2.75, 3.05) is 6.54 Å². The second kappa shape index (κ2) is 24.1. The van der Waals surface area contributed by atoms with Crippen molar-refractivity contribution in [3.63, 3.8) is 0 Å². The molecule has 0 rings (SSSR count). The molecule has 0 saturated carbocycles. The van der Waals surface area contributed by atoms with E-state index in [4.69, 9.17) is 10.5 Å². The Morgan fingerprint density at radius 2 is 1.26 bits per heavy atom. The largest absolute Gasteiger partial charge is 0.480 e. The van der Waals surface area contributed by atoms with Gasteiger partial charge in [0.2, 0.25) is 5.91 Å². The van der Waals surface area contributed by atoms with E-state index in [-0.39, 0.29) is 18.0 Å². The summed E-state index contributed by atoms with van der Waals surface area (Å²) >= 11 is 0. The molecular weight excluding hydrogens is 444 g/mol. The highest BCUT2D eigenvalue weighted by Crippen LogP contribution is 2.16. The highest BCUT2D eigenvalue weighted by Gasteiger charge is 2.19. The minimum atomic E-state index is -1.02. The number of aliphatic carboxylic acids is 1. The number of amides is 1. The van der Waals surface area contributed by atoms with E-state index in [2.05, 4.69) is 19.2 Å². The predicted octanol–water partition coefficient (Wildman–Crippen LogP) is 6.27. The molecule has 1 amide bonds. The number of esters is 1. The molecular formula is C28H54N2O5. The molecule has 0 aliphatic heterocycles. The average Bonchev–Trinajstić information content (AvgIpc) is 2.83. The van der Waals surface area contributed by atoms with Gasteiger partial charge in [0.05, 0.1) is 0 Å². The van der Waals surface area contributed by atoms with Crippen molar-refractivity contribution in [2.45, 2.75) is 154 Å². The third-order valence-electron chi connectivity index (χ3n) is 6.42. The summed E-state index contributed by atoms with van der Waals surface area (Å²) in [6.45, 7) is 4.78. The van der Waals surface area contributed by atoms with Crippen molar-refractivity contribution >= 4 is 17.8 Å². The first-order valence-corrected chi connectivity index (χ1v) is 14.4. The van der Waals surface area contributed by atoms with Gasteiger partial charge in [0.15, 0.2) is 0 Å². The summed E-state index contributed by atoms with van der Waals surface area (Å²) in [6.07, 6.45) is 19.0. The van der Waals surface area contributed by atoms with Gasteiger partial charge >= 0.3 is 11.9 Å². The smallest absolute Gasteiger partial charge is 0.326 e. The number of carboxylic acids is 1. The van der Waals surface area contributed by atoms with Crippen LogP contribution in [0.5, 0.6) is 0 Å². The molecule has 0 aliphatic rings. The van der Waals surface area contributed by atoms with Crippen LogP contribution in [0.3, 0.4) is 0 Å². The lowest BCUT2D eigenvalue weighted by atomic mass is 10.0. The SMILES string of the molecule is CCCCCCCCCCCC(=O)OC(CCCC)CCCCCC(=O)NC(CCCN)C(=O)O. The molecule has 35 heavy (non-hydrogen) atoms. The van der Waals surface area contributed by atoms with E-state index in [0.29, 0.717) is 38.6 Å². The number of nitrogens with one attached hydrogen (secondary N) is 1. The summed E-state index contributed by atoms with van der Waals surface area (Å²) in [6, 6.07) is -0.866. The Labute approximate surface area is 214 Å². The minimum Gasteiger partial charge on any atom is -0.480 e. The number of rotatable bonds is 25. The average molecular weight is 499 g/mol. The van der Waals surface area contributed by atoms with E-state index in [1.165, 1.54) is 44.9 Å². The van der Waals surface area contributed by atoms with Gasteiger partial charge < -0.3 is 20.9 Å². The molecule has 4 N–H and O–H groups in total. The number of hydrogen-bond donors (Lipinski definition) is 3. The fraction of sp³-hybridized carbons (Fsp3) is 0.893. The summed E-state index contributed by atoms with van der Waals surface area (Å²) in [5.41, 5.74) is 5.43. The van der Waals surface area contributed by atoms with Gasteiger partial charge in [-0.25, -0.2) is 4.79 Å². The summed E-state index contributed by atoms with van der Waals surface area (Å²) in [5.74, 6) is -1.33. The molecule has 0 spiro atoms. The van der Waals surface area contributed by atoms with E-state index < -0.39 is 12.0 Å². The van der Waals surface area contributed by atoms with Crippen molar-refractivity contribution in [2.24, 2.45) is 5.73 Å². The number of carbonyl (C=O) groups is 3. The van der Waals surface area contributed by atoms with Crippen LogP contribution in [0.1, 0.15) is 142 Å². The molecule has 2 unspecified atom stereocenters. The number of nitrogens with two attached hydrogens (primary N) is 1. The topological polar surface area (TPSA) is 119 Å². The highest BCUT2D eigenvalue weighted by atomic mass is 16.5. The number of carboxylic acid groups (broad SMARTS) is 1. The Morgan fingerprint density at radius 3 is 1.86 bits per heavy atom. The van der Waals surface area contributed by atoms with Gasteiger partial charge in [-0.1, -0.05) is 84.5 Å². The molecule has 0 aromatic rings. The van der Waals surface area contributed by atoms with Gasteiger partial charge in [0.25, 0.3) is 0 Å². The maximum atomic E-state index is 12.3. The first kappa shape index (κ1) is 33.4. The molecule has 0 heterocycles. The Kier molecular flexibility index (Phi) is 23.0. The van der Waals surface area contributed by atoms with Crippen LogP contribution in [-0.4, -0.2) is 41.6 Å². The zero-order valence-electron chi connectivity index (χ0n) is 22.7. The van der Waals surface area contributed by atoms with Crippen LogP contribution >= 0.6 is 0 Å². The minimum absolute atomic E-state index is 0.0394. The Bertz CT molecular complexity index is 541. The highest BCUT2D eigenvalue weighted by molar-refractivity contribution is 5.83. The van der Waals surface area contributed by atoms with Crippen LogP contribution in [0.25, 0.3) is 0 Å². The zero-order valence-corrected chi connectivity index (χ0v) is 22.7. The third kappa shape index (κ3) is 21.4. The molecule has 0 saturated heterocycles. The maximum absolute atomic E-state index is 12.3. The summed E-state index contributed by atoms with van der Waals surface area (Å²) < 4.78 is 5.78. The zero-order chi connectivity index (χ0) is 26.2. The quantitative estimate of drug-likeness (QED) is 0.101. The van der Waals surface area contributed by atoms with Crippen LogP contribution in [0.15, 0.2) is 0 Å². The van der Waals surface area contributed by atoms with Gasteiger partial charge in [0.1, 0.15) is 12.1 Å². The van der Waals surface area contributed by atoms with Gasteiger partial charge in [0, 0.05) is 12.8 Å². The monoisotopic (exact) mass is 498 g/mol. The lowest BCUT2D eigenvalue weighted by molar-refractivity contribution is -0.150. The lowest BCUT2D eigenvalue weighted by Crippen LogP contribution is -2.40. The Balaban J connectivity index is 4.04. The first-order valence-electron chi connectivity index (χ1n) is 14.4. The Morgan fingerprint density at radius 1 is 0.714 bits per heavy atom. The van der Waals surface area contributed by atoms with Gasteiger partial charge in [-0.15, -0.1) is 0 Å². The number of unbranched alkanes of at least 4 members (excludes halogenated alkanes) is 11. The second-order valence-electron chi connectivity index (χ2n) is 9.82. The summed E-state index contributed by atoms with van der Waals surface area (Å²) in [5, 5.41) is 11.8. The van der Waals surface area contributed by atoms with E-state index >= 15 is 0 Å². The van der Waals surface area contributed by atoms with Crippen molar-refractivity contribution in [3.8, 4) is 0 Å². The molecule has 0 bridgehead atoms. The fourth-order valence-corrected chi connectivity index (χ4v) is 4.20. The molecule has 206 valence electrons. The van der Waals surface area contributed by atoms with Crippen molar-refractivity contribution in [1.82, 2.24) is 5.32 Å². The standard InChI is InChI=1S/C28H54N2O5/c1-3-5-7-8-9-10-11-12-16-22-27(32)35-24(18-6-4-2)19-14-13-15-21-26(31)30-25(28(33)34)20-17-23-29/h24-25H,3-23,29H2,1-2H3,(H,30,31)(H,33,34). The maximum Gasteiger partial charge on any atom is 0.326 e. The first-order chi connectivity index (χ1) is 16.9. The van der Waals surface area contributed by atoms with Crippen molar-refractivity contribution in [1.29, 1.82) is 0 Å². The molecule has 0 fully saturated rings. The van der Waals surface area contributed by atoms with Crippen LogP contribution < -0.4 is 11.1 Å². The molecule has 0 aliphatic carbocycles. The van der Waals surface area contributed by atoms with Gasteiger partial charge in [-0.05, 0) is 51.5 Å². The van der Waals surface area contributed by atoms with E-state index in [9.17, 15) is 19.5 Å². The second-order valence-corrected chi connectivity index (χ2v) is 9.82. The fourth-order valence-electron chi connectivity index (χ4n) is 4.20. The van der Waals surface area contributed by atoms with Gasteiger partial charge in [-0.3, -0.25) is 9.59 Å². The van der Waals surface area contributed by atoms with Crippen molar-refractivity contribution < 1.29 is 24.2 Å². The normalized spacial score (nSPS) is 12.8. The molecule has 7 heteroatoms. The van der Waals surface area contributed by atoms with Gasteiger partial charge in [-0.2, -0.15) is 0 Å². The third-order valence-corrected chi connectivity index (χ3v) is 6.42. The van der Waals surface area contributed by atoms with E-state index in [0.717, 1.165) is 51.4 Å².